The van der Waals surface area contributed by atoms with E-state index in [4.69, 9.17) is 9.72 Å². The molecule has 0 saturated heterocycles. The summed E-state index contributed by atoms with van der Waals surface area (Å²) in [4.78, 5) is 17.1. The number of rotatable bonds is 9. The number of hydrogen-bond donors (Lipinski definition) is 1. The normalized spacial score (nSPS) is 10.9. The van der Waals surface area contributed by atoms with E-state index in [1.807, 2.05) is 48.5 Å². The first kappa shape index (κ1) is 21.6. The Balaban J connectivity index is 1.39. The van der Waals surface area contributed by atoms with E-state index in [1.54, 1.807) is 0 Å². The molecule has 1 amide bonds. The van der Waals surface area contributed by atoms with Gasteiger partial charge in [0.1, 0.15) is 11.6 Å². The summed E-state index contributed by atoms with van der Waals surface area (Å²) in [6.07, 6.45) is 1.54. The zero-order valence-electron chi connectivity index (χ0n) is 18.7. The van der Waals surface area contributed by atoms with Gasteiger partial charge in [-0.25, -0.2) is 4.98 Å². The van der Waals surface area contributed by atoms with Gasteiger partial charge in [-0.2, -0.15) is 0 Å². The minimum absolute atomic E-state index is 0.0600. The van der Waals surface area contributed by atoms with Crippen molar-refractivity contribution in [2.45, 2.75) is 33.2 Å². The highest BCUT2D eigenvalue weighted by Gasteiger charge is 2.11. The van der Waals surface area contributed by atoms with Gasteiger partial charge in [0.25, 0.3) is 5.91 Å². The lowest BCUT2D eigenvalue weighted by atomic mass is 10.1. The molecule has 0 bridgehead atoms. The molecule has 164 valence electrons. The third-order valence-corrected chi connectivity index (χ3v) is 5.53. The van der Waals surface area contributed by atoms with Gasteiger partial charge in [-0.3, -0.25) is 4.79 Å². The third kappa shape index (κ3) is 5.17. The molecule has 4 rings (SSSR count). The van der Waals surface area contributed by atoms with Gasteiger partial charge in [-0.05, 0) is 61.7 Å². The lowest BCUT2D eigenvalue weighted by Crippen LogP contribution is -2.26. The second kappa shape index (κ2) is 10.1. The molecule has 0 radical (unpaired) electrons. The van der Waals surface area contributed by atoms with E-state index in [0.29, 0.717) is 25.1 Å². The summed E-state index contributed by atoms with van der Waals surface area (Å²) in [7, 11) is 0. The number of aryl methyl sites for hydroxylation is 3. The Morgan fingerprint density at radius 3 is 2.62 bits per heavy atom. The fourth-order valence-corrected chi connectivity index (χ4v) is 3.81. The van der Waals surface area contributed by atoms with Crippen molar-refractivity contribution in [1.29, 1.82) is 0 Å². The molecule has 0 spiro atoms. The monoisotopic (exact) mass is 427 g/mol. The highest BCUT2D eigenvalue weighted by atomic mass is 16.5. The molecule has 1 heterocycles. The molecule has 0 aliphatic carbocycles. The Hall–Kier alpha value is -3.60. The maximum absolute atomic E-state index is 12.3. The number of para-hydroxylation sites is 2. The van der Waals surface area contributed by atoms with Crippen molar-refractivity contribution in [3.63, 3.8) is 0 Å². The lowest BCUT2D eigenvalue weighted by molar-refractivity contribution is 0.0954. The molecule has 5 heteroatoms. The van der Waals surface area contributed by atoms with Crippen LogP contribution < -0.4 is 10.1 Å². The first-order chi connectivity index (χ1) is 15.6. The summed E-state index contributed by atoms with van der Waals surface area (Å²) in [6, 6.07) is 23.7. The van der Waals surface area contributed by atoms with Crippen molar-refractivity contribution in [2.24, 2.45) is 0 Å². The molecule has 0 aliphatic heterocycles. The number of hydrogen-bond acceptors (Lipinski definition) is 3. The number of benzene rings is 3. The van der Waals surface area contributed by atoms with Crippen LogP contribution in [0.3, 0.4) is 0 Å². The largest absolute Gasteiger partial charge is 0.493 e. The number of ether oxygens (including phenoxy) is 1. The Kier molecular flexibility index (Phi) is 6.85. The summed E-state index contributed by atoms with van der Waals surface area (Å²) in [5, 5.41) is 3.00. The molecule has 0 fully saturated rings. The quantitative estimate of drug-likeness (QED) is 0.378. The molecule has 5 nitrogen and oxygen atoms in total. The Morgan fingerprint density at radius 2 is 1.78 bits per heavy atom. The van der Waals surface area contributed by atoms with E-state index in [0.717, 1.165) is 41.1 Å². The summed E-state index contributed by atoms with van der Waals surface area (Å²) < 4.78 is 8.29. The van der Waals surface area contributed by atoms with Crippen molar-refractivity contribution >= 4 is 16.9 Å². The van der Waals surface area contributed by atoms with Crippen LogP contribution in [0, 0.1) is 13.8 Å². The van der Waals surface area contributed by atoms with Crippen molar-refractivity contribution in [3.05, 3.63) is 95.3 Å². The number of aromatic nitrogens is 2. The molecule has 4 aromatic rings. The highest BCUT2D eigenvalue weighted by Crippen LogP contribution is 2.20. The van der Waals surface area contributed by atoms with Crippen LogP contribution in [0.15, 0.2) is 72.8 Å². The van der Waals surface area contributed by atoms with E-state index >= 15 is 0 Å². The molecule has 0 aliphatic rings. The minimum Gasteiger partial charge on any atom is -0.493 e. The Labute approximate surface area is 189 Å². The van der Waals surface area contributed by atoms with Gasteiger partial charge in [0.2, 0.25) is 0 Å². The van der Waals surface area contributed by atoms with Crippen molar-refractivity contribution in [1.82, 2.24) is 14.9 Å². The number of fused-ring (bicyclic) bond motifs is 1. The molecule has 1 N–H and O–H groups in total. The van der Waals surface area contributed by atoms with Crippen LogP contribution in [0.5, 0.6) is 5.75 Å². The lowest BCUT2D eigenvalue weighted by Gasteiger charge is -2.12. The second-order valence-corrected chi connectivity index (χ2v) is 8.01. The fraction of sp³-hybridized carbons (Fsp3) is 0.259. The summed E-state index contributed by atoms with van der Waals surface area (Å²) in [5.74, 6) is 1.87. The van der Waals surface area contributed by atoms with Gasteiger partial charge in [0.05, 0.1) is 17.6 Å². The van der Waals surface area contributed by atoms with E-state index in [2.05, 4.69) is 48.0 Å². The molecule has 32 heavy (non-hydrogen) atoms. The average Bonchev–Trinajstić information content (AvgIpc) is 3.16. The molecule has 0 unspecified atom stereocenters. The Bertz CT molecular complexity index is 1200. The van der Waals surface area contributed by atoms with Crippen LogP contribution in [0.1, 0.15) is 33.7 Å². The topological polar surface area (TPSA) is 56.1 Å². The van der Waals surface area contributed by atoms with Crippen LogP contribution in [0.2, 0.25) is 0 Å². The van der Waals surface area contributed by atoms with Crippen LogP contribution in [-0.4, -0.2) is 28.6 Å². The van der Waals surface area contributed by atoms with E-state index in [-0.39, 0.29) is 5.91 Å². The maximum Gasteiger partial charge on any atom is 0.251 e. The number of amides is 1. The van der Waals surface area contributed by atoms with Crippen LogP contribution in [-0.2, 0) is 13.0 Å². The van der Waals surface area contributed by atoms with Gasteiger partial charge in [0.15, 0.2) is 0 Å². The second-order valence-electron chi connectivity index (χ2n) is 8.01. The molecule has 0 atom stereocenters. The van der Waals surface area contributed by atoms with Gasteiger partial charge >= 0.3 is 0 Å². The van der Waals surface area contributed by atoms with Gasteiger partial charge in [0, 0.05) is 25.1 Å². The number of imidazole rings is 1. The zero-order chi connectivity index (χ0) is 22.3. The molecule has 1 aromatic heterocycles. The van der Waals surface area contributed by atoms with Crippen molar-refractivity contribution in [3.8, 4) is 5.75 Å². The van der Waals surface area contributed by atoms with Crippen molar-refractivity contribution in [2.75, 3.05) is 13.2 Å². The van der Waals surface area contributed by atoms with E-state index < -0.39 is 0 Å². The number of carbonyl (C=O) groups excluding carboxylic acids is 1. The first-order valence-electron chi connectivity index (χ1n) is 11.1. The number of nitrogens with one attached hydrogen (secondary N) is 1. The van der Waals surface area contributed by atoms with E-state index in [1.165, 1.54) is 5.56 Å². The molecular formula is C27H29N3O2. The average molecular weight is 428 g/mol. The Morgan fingerprint density at radius 1 is 1.00 bits per heavy atom. The van der Waals surface area contributed by atoms with E-state index in [9.17, 15) is 4.79 Å². The predicted octanol–water partition coefficient (Wildman–Crippen LogP) is 5.09. The molecule has 0 saturated carbocycles. The van der Waals surface area contributed by atoms with Gasteiger partial charge in [-0.15, -0.1) is 0 Å². The maximum atomic E-state index is 12.3. The van der Waals surface area contributed by atoms with Crippen LogP contribution in [0.25, 0.3) is 11.0 Å². The number of nitrogens with zero attached hydrogens (tertiary/aromatic N) is 2. The minimum atomic E-state index is -0.0600. The molecule has 3 aromatic carbocycles. The third-order valence-electron chi connectivity index (χ3n) is 5.53. The zero-order valence-corrected chi connectivity index (χ0v) is 18.7. The SMILES string of the molecule is Cc1ccc(C)c(OCCCn2c(CCNC(=O)c3ccccc3)nc3ccccc32)c1. The predicted molar refractivity (Wildman–Crippen MR) is 128 cm³/mol. The van der Waals surface area contributed by atoms with Crippen molar-refractivity contribution < 1.29 is 9.53 Å². The summed E-state index contributed by atoms with van der Waals surface area (Å²) in [5.41, 5.74) is 5.12. The van der Waals surface area contributed by atoms with Gasteiger partial charge in [-0.1, -0.05) is 42.5 Å². The molecular weight excluding hydrogens is 398 g/mol. The van der Waals surface area contributed by atoms with Gasteiger partial charge < -0.3 is 14.6 Å². The smallest absolute Gasteiger partial charge is 0.251 e. The first-order valence-corrected chi connectivity index (χ1v) is 11.1. The highest BCUT2D eigenvalue weighted by molar-refractivity contribution is 5.94. The summed E-state index contributed by atoms with van der Waals surface area (Å²) >= 11 is 0. The van der Waals surface area contributed by atoms with Crippen LogP contribution >= 0.6 is 0 Å². The summed E-state index contributed by atoms with van der Waals surface area (Å²) in [6.45, 7) is 6.14. The van der Waals surface area contributed by atoms with Crippen LogP contribution in [0.4, 0.5) is 0 Å². The fourth-order valence-electron chi connectivity index (χ4n) is 3.81. The number of carbonyl (C=O) groups is 1. The standard InChI is InChI=1S/C27H29N3O2/c1-20-13-14-21(2)25(19-20)32-18-8-17-30-24-12-7-6-11-23(24)29-26(30)15-16-28-27(31)22-9-4-3-5-10-22/h3-7,9-14,19H,8,15-18H2,1-2H3,(H,28,31).